The van der Waals surface area contributed by atoms with Crippen LogP contribution < -0.4 is 5.32 Å². The number of carbonyl (C=O) groups is 1. The normalized spacial score (nSPS) is 19.4. The Bertz CT molecular complexity index is 701. The summed E-state index contributed by atoms with van der Waals surface area (Å²) in [6.07, 6.45) is 0.870. The number of benzene rings is 2. The Hall–Kier alpha value is -1.84. The largest absolute Gasteiger partial charge is 0.380 e. The third-order valence-corrected chi connectivity index (χ3v) is 4.65. The van der Waals surface area contributed by atoms with Crippen LogP contribution in [-0.4, -0.2) is 13.0 Å². The van der Waals surface area contributed by atoms with Crippen LogP contribution in [0.3, 0.4) is 0 Å². The third-order valence-electron chi connectivity index (χ3n) is 4.30. The van der Waals surface area contributed by atoms with E-state index in [1.807, 2.05) is 48.5 Å². The Balaban J connectivity index is 1.58. The van der Waals surface area contributed by atoms with Crippen molar-refractivity contribution in [3.05, 3.63) is 70.2 Å². The number of hydrogen-bond acceptors (Lipinski definition) is 2. The Kier molecular flexibility index (Phi) is 4.99. The molecule has 3 nitrogen and oxygen atoms in total. The van der Waals surface area contributed by atoms with Crippen molar-refractivity contribution in [2.45, 2.75) is 25.5 Å². The Morgan fingerprint density at radius 3 is 2.61 bits per heavy atom. The van der Waals surface area contributed by atoms with Crippen molar-refractivity contribution in [3.63, 3.8) is 0 Å². The number of methoxy groups -OCH3 is 1. The van der Waals surface area contributed by atoms with Crippen LogP contribution in [0.4, 0.5) is 0 Å². The van der Waals surface area contributed by atoms with E-state index in [1.165, 1.54) is 0 Å². The van der Waals surface area contributed by atoms with E-state index in [-0.39, 0.29) is 17.7 Å². The molecule has 2 unspecified atom stereocenters. The number of amides is 1. The predicted molar refractivity (Wildman–Crippen MR) is 91.3 cm³/mol. The molecule has 1 fully saturated rings. The van der Waals surface area contributed by atoms with Crippen molar-refractivity contribution in [1.29, 1.82) is 0 Å². The van der Waals surface area contributed by atoms with Gasteiger partial charge in [0, 0.05) is 24.6 Å². The fourth-order valence-electron chi connectivity index (χ4n) is 2.94. The molecule has 0 aromatic heterocycles. The molecular weight excluding hydrogens is 310 g/mol. The summed E-state index contributed by atoms with van der Waals surface area (Å²) in [4.78, 5) is 12.4. The first-order chi connectivity index (χ1) is 11.2. The fraction of sp³-hybridized carbons (Fsp3) is 0.316. The van der Waals surface area contributed by atoms with E-state index in [4.69, 9.17) is 16.3 Å². The zero-order valence-electron chi connectivity index (χ0n) is 13.1. The van der Waals surface area contributed by atoms with Gasteiger partial charge in [0.25, 0.3) is 0 Å². The van der Waals surface area contributed by atoms with E-state index in [9.17, 15) is 4.79 Å². The highest BCUT2D eigenvalue weighted by atomic mass is 35.5. The summed E-state index contributed by atoms with van der Waals surface area (Å²) in [6, 6.07) is 15.8. The number of ether oxygens (including phenoxy) is 1. The number of carbonyl (C=O) groups excluding carboxylic acids is 1. The van der Waals surface area contributed by atoms with Crippen LogP contribution in [-0.2, 0) is 22.7 Å². The van der Waals surface area contributed by atoms with Gasteiger partial charge in [0.05, 0.1) is 6.61 Å². The lowest BCUT2D eigenvalue weighted by atomic mass is 10.1. The average Bonchev–Trinajstić information content (AvgIpc) is 3.35. The monoisotopic (exact) mass is 329 g/mol. The molecule has 1 amide bonds. The highest BCUT2D eigenvalue weighted by molar-refractivity contribution is 6.31. The van der Waals surface area contributed by atoms with Crippen LogP contribution in [0, 0.1) is 5.92 Å². The maximum Gasteiger partial charge on any atom is 0.224 e. The van der Waals surface area contributed by atoms with Crippen molar-refractivity contribution in [2.75, 3.05) is 7.11 Å². The molecule has 1 N–H and O–H groups in total. The molecule has 4 heteroatoms. The first kappa shape index (κ1) is 16.0. The highest BCUT2D eigenvalue weighted by Gasteiger charge is 2.44. The molecule has 0 bridgehead atoms. The van der Waals surface area contributed by atoms with Crippen LogP contribution in [0.2, 0.25) is 5.02 Å². The molecule has 120 valence electrons. The second kappa shape index (κ2) is 7.16. The topological polar surface area (TPSA) is 38.3 Å². The average molecular weight is 330 g/mol. The smallest absolute Gasteiger partial charge is 0.224 e. The summed E-state index contributed by atoms with van der Waals surface area (Å²) in [6.45, 7) is 1.09. The van der Waals surface area contributed by atoms with Crippen molar-refractivity contribution >= 4 is 17.5 Å². The number of hydrogen-bond donors (Lipinski definition) is 1. The van der Waals surface area contributed by atoms with Gasteiger partial charge in [-0.2, -0.15) is 0 Å². The second-order valence-corrected chi connectivity index (χ2v) is 6.30. The van der Waals surface area contributed by atoms with Crippen molar-refractivity contribution in [2.24, 2.45) is 5.92 Å². The lowest BCUT2D eigenvalue weighted by molar-refractivity contribution is -0.122. The van der Waals surface area contributed by atoms with Gasteiger partial charge in [-0.25, -0.2) is 0 Å². The highest BCUT2D eigenvalue weighted by Crippen LogP contribution is 2.49. The first-order valence-electron chi connectivity index (χ1n) is 7.78. The summed E-state index contributed by atoms with van der Waals surface area (Å²) < 4.78 is 5.20. The second-order valence-electron chi connectivity index (χ2n) is 5.89. The van der Waals surface area contributed by atoms with Crippen LogP contribution in [0.5, 0.6) is 0 Å². The van der Waals surface area contributed by atoms with Gasteiger partial charge >= 0.3 is 0 Å². The van der Waals surface area contributed by atoms with Gasteiger partial charge < -0.3 is 10.1 Å². The maximum absolute atomic E-state index is 12.4. The Labute approximate surface area is 141 Å². The van der Waals surface area contributed by atoms with E-state index in [2.05, 4.69) is 5.32 Å². The summed E-state index contributed by atoms with van der Waals surface area (Å²) >= 11 is 6.21. The molecule has 0 radical (unpaired) electrons. The van der Waals surface area contributed by atoms with E-state index < -0.39 is 0 Å². The molecule has 0 heterocycles. The third kappa shape index (κ3) is 3.74. The molecular formula is C19H20ClNO2. The molecule has 0 aliphatic heterocycles. The lowest BCUT2D eigenvalue weighted by Crippen LogP contribution is -2.25. The van der Waals surface area contributed by atoms with Crippen molar-refractivity contribution < 1.29 is 9.53 Å². The predicted octanol–water partition coefficient (Wildman–Crippen LogP) is 3.91. The Morgan fingerprint density at radius 1 is 1.17 bits per heavy atom. The lowest BCUT2D eigenvalue weighted by Gasteiger charge is -2.10. The van der Waals surface area contributed by atoms with Crippen LogP contribution >= 0.6 is 11.6 Å². The summed E-state index contributed by atoms with van der Waals surface area (Å²) in [5.74, 6) is 0.379. The minimum atomic E-state index is 0.0319. The van der Waals surface area contributed by atoms with Gasteiger partial charge in [0.2, 0.25) is 5.91 Å². The van der Waals surface area contributed by atoms with Gasteiger partial charge in [0.15, 0.2) is 0 Å². The first-order valence-corrected chi connectivity index (χ1v) is 8.16. The maximum atomic E-state index is 12.4. The van der Waals surface area contributed by atoms with Gasteiger partial charge in [-0.15, -0.1) is 0 Å². The van der Waals surface area contributed by atoms with Gasteiger partial charge in [0.1, 0.15) is 0 Å². The van der Waals surface area contributed by atoms with Gasteiger partial charge in [-0.05, 0) is 35.1 Å². The van der Waals surface area contributed by atoms with Gasteiger partial charge in [-0.1, -0.05) is 54.1 Å². The molecule has 2 aromatic carbocycles. The molecule has 0 saturated heterocycles. The minimum Gasteiger partial charge on any atom is -0.380 e. The SMILES string of the molecule is COCc1ccccc1CNC(=O)C1CC1c1ccccc1Cl. The Morgan fingerprint density at radius 2 is 1.87 bits per heavy atom. The van der Waals surface area contributed by atoms with Crippen molar-refractivity contribution in [1.82, 2.24) is 5.32 Å². The molecule has 2 aromatic rings. The molecule has 0 spiro atoms. The van der Waals surface area contributed by atoms with E-state index in [0.29, 0.717) is 13.2 Å². The number of rotatable bonds is 6. The van der Waals surface area contributed by atoms with E-state index in [0.717, 1.165) is 28.1 Å². The van der Waals surface area contributed by atoms with E-state index >= 15 is 0 Å². The van der Waals surface area contributed by atoms with Crippen molar-refractivity contribution in [3.8, 4) is 0 Å². The van der Waals surface area contributed by atoms with Crippen LogP contribution in [0.1, 0.15) is 29.0 Å². The number of halogens is 1. The summed E-state index contributed by atoms with van der Waals surface area (Å²) in [5.41, 5.74) is 3.28. The minimum absolute atomic E-state index is 0.0319. The zero-order chi connectivity index (χ0) is 16.2. The molecule has 3 rings (SSSR count). The molecule has 1 saturated carbocycles. The fourth-order valence-corrected chi connectivity index (χ4v) is 3.22. The molecule has 1 aliphatic carbocycles. The zero-order valence-corrected chi connectivity index (χ0v) is 13.8. The molecule has 1 aliphatic rings. The molecule has 23 heavy (non-hydrogen) atoms. The van der Waals surface area contributed by atoms with Gasteiger partial charge in [-0.3, -0.25) is 4.79 Å². The molecule has 2 atom stereocenters. The van der Waals surface area contributed by atoms with Crippen LogP contribution in [0.15, 0.2) is 48.5 Å². The quantitative estimate of drug-likeness (QED) is 0.872. The number of nitrogens with one attached hydrogen (secondary N) is 1. The summed E-state index contributed by atoms with van der Waals surface area (Å²) in [5, 5.41) is 3.79. The van der Waals surface area contributed by atoms with E-state index in [1.54, 1.807) is 7.11 Å². The van der Waals surface area contributed by atoms with Crippen LogP contribution in [0.25, 0.3) is 0 Å². The summed E-state index contributed by atoms with van der Waals surface area (Å²) in [7, 11) is 1.67. The standard InChI is InChI=1S/C19H20ClNO2/c1-23-12-14-7-3-2-6-13(14)11-21-19(22)17-10-16(17)15-8-4-5-9-18(15)20/h2-9,16-17H,10-12H2,1H3,(H,21,22).